The monoisotopic (exact) mass is 206 g/mol. The summed E-state index contributed by atoms with van der Waals surface area (Å²) < 4.78 is 2.03. The van der Waals surface area contributed by atoms with Crippen LogP contribution in [0.2, 0.25) is 0 Å². The van der Waals surface area contributed by atoms with Crippen molar-refractivity contribution in [3.63, 3.8) is 0 Å². The van der Waals surface area contributed by atoms with Gasteiger partial charge in [0.1, 0.15) is 0 Å². The van der Waals surface area contributed by atoms with Gasteiger partial charge in [0.2, 0.25) is 0 Å². The average molecular weight is 206 g/mol. The van der Waals surface area contributed by atoms with Gasteiger partial charge >= 0.3 is 0 Å². The SMILES string of the molecule is CCn1nc(C)cc1C1=CC(N)CNC1. The molecule has 1 unspecified atom stereocenters. The molecule has 0 spiro atoms. The molecule has 0 saturated carbocycles. The van der Waals surface area contributed by atoms with Gasteiger partial charge in [-0.2, -0.15) is 5.10 Å². The van der Waals surface area contributed by atoms with Crippen LogP contribution in [0.1, 0.15) is 18.3 Å². The Morgan fingerprint density at radius 2 is 2.47 bits per heavy atom. The lowest BCUT2D eigenvalue weighted by Gasteiger charge is -2.19. The van der Waals surface area contributed by atoms with Crippen LogP contribution in [0, 0.1) is 6.92 Å². The van der Waals surface area contributed by atoms with Crippen molar-refractivity contribution >= 4 is 5.57 Å². The van der Waals surface area contributed by atoms with Crippen LogP contribution in [-0.2, 0) is 6.54 Å². The Kier molecular flexibility index (Phi) is 2.88. The molecule has 1 aromatic rings. The van der Waals surface area contributed by atoms with Gasteiger partial charge in [0.15, 0.2) is 0 Å². The maximum absolute atomic E-state index is 5.89. The van der Waals surface area contributed by atoms with E-state index in [2.05, 4.69) is 29.5 Å². The molecular weight excluding hydrogens is 188 g/mol. The molecule has 0 aliphatic carbocycles. The largest absolute Gasteiger partial charge is 0.323 e. The summed E-state index contributed by atoms with van der Waals surface area (Å²) in [6, 6.07) is 2.24. The standard InChI is InChI=1S/C11H18N4/c1-3-15-11(4-8(2)14-15)9-5-10(12)7-13-6-9/h4-5,10,13H,3,6-7,12H2,1-2H3. The predicted molar refractivity (Wildman–Crippen MR) is 61.5 cm³/mol. The van der Waals surface area contributed by atoms with Crippen LogP contribution < -0.4 is 11.1 Å². The van der Waals surface area contributed by atoms with Crippen LogP contribution in [0.15, 0.2) is 12.1 Å². The van der Waals surface area contributed by atoms with Gasteiger partial charge in [-0.1, -0.05) is 6.08 Å². The van der Waals surface area contributed by atoms with E-state index in [1.165, 1.54) is 11.3 Å². The Morgan fingerprint density at radius 3 is 3.13 bits per heavy atom. The molecule has 0 amide bonds. The third-order valence-electron chi connectivity index (χ3n) is 2.64. The summed E-state index contributed by atoms with van der Waals surface area (Å²) >= 11 is 0. The smallest absolute Gasteiger partial charge is 0.0654 e. The number of nitrogens with one attached hydrogen (secondary N) is 1. The number of hydrogen-bond donors (Lipinski definition) is 2. The summed E-state index contributed by atoms with van der Waals surface area (Å²) in [5.41, 5.74) is 9.41. The van der Waals surface area contributed by atoms with Crippen LogP contribution in [0.4, 0.5) is 0 Å². The van der Waals surface area contributed by atoms with Gasteiger partial charge in [0.05, 0.1) is 11.4 Å². The minimum Gasteiger partial charge on any atom is -0.323 e. The second kappa shape index (κ2) is 4.16. The molecule has 0 bridgehead atoms. The van der Waals surface area contributed by atoms with Crippen molar-refractivity contribution < 1.29 is 0 Å². The number of nitrogens with two attached hydrogens (primary N) is 1. The fourth-order valence-electron chi connectivity index (χ4n) is 1.97. The first kappa shape index (κ1) is 10.4. The summed E-state index contributed by atoms with van der Waals surface area (Å²) in [5.74, 6) is 0. The van der Waals surface area contributed by atoms with Gasteiger partial charge in [-0.05, 0) is 25.5 Å². The number of nitrogens with zero attached hydrogens (tertiary/aromatic N) is 2. The Bertz CT molecular complexity index is 378. The third-order valence-corrected chi connectivity index (χ3v) is 2.64. The molecule has 15 heavy (non-hydrogen) atoms. The van der Waals surface area contributed by atoms with Gasteiger partial charge in [0, 0.05) is 25.7 Å². The second-order valence-corrected chi connectivity index (χ2v) is 3.97. The second-order valence-electron chi connectivity index (χ2n) is 3.97. The van der Waals surface area contributed by atoms with Crippen molar-refractivity contribution in [1.82, 2.24) is 15.1 Å². The minimum atomic E-state index is 0.120. The Hall–Kier alpha value is -1.13. The van der Waals surface area contributed by atoms with E-state index in [0.717, 1.165) is 25.3 Å². The summed E-state index contributed by atoms with van der Waals surface area (Å²) in [6.45, 7) is 6.77. The number of aromatic nitrogens is 2. The number of aryl methyl sites for hydroxylation is 2. The molecule has 2 heterocycles. The van der Waals surface area contributed by atoms with E-state index >= 15 is 0 Å². The molecule has 1 aliphatic heterocycles. The summed E-state index contributed by atoms with van der Waals surface area (Å²) in [7, 11) is 0. The van der Waals surface area contributed by atoms with E-state index in [0.29, 0.717) is 0 Å². The molecule has 4 heteroatoms. The number of rotatable bonds is 2. The highest BCUT2D eigenvalue weighted by atomic mass is 15.3. The van der Waals surface area contributed by atoms with Crippen molar-refractivity contribution in [3.05, 3.63) is 23.5 Å². The van der Waals surface area contributed by atoms with Crippen molar-refractivity contribution in [2.24, 2.45) is 5.73 Å². The van der Waals surface area contributed by atoms with E-state index in [1.54, 1.807) is 0 Å². The quantitative estimate of drug-likeness (QED) is 0.742. The van der Waals surface area contributed by atoms with Crippen LogP contribution in [0.3, 0.4) is 0 Å². The first-order chi connectivity index (χ1) is 7.20. The highest BCUT2D eigenvalue weighted by Crippen LogP contribution is 2.17. The zero-order valence-corrected chi connectivity index (χ0v) is 9.33. The van der Waals surface area contributed by atoms with Crippen LogP contribution in [0.25, 0.3) is 5.57 Å². The number of hydrogen-bond acceptors (Lipinski definition) is 3. The summed E-state index contributed by atoms with van der Waals surface area (Å²) in [4.78, 5) is 0. The predicted octanol–water partition coefficient (Wildman–Crippen LogP) is 0.525. The highest BCUT2D eigenvalue weighted by Gasteiger charge is 2.14. The lowest BCUT2D eigenvalue weighted by molar-refractivity contribution is 0.627. The van der Waals surface area contributed by atoms with Gasteiger partial charge in [-0.25, -0.2) is 0 Å². The fourth-order valence-corrected chi connectivity index (χ4v) is 1.97. The molecule has 3 N–H and O–H groups in total. The van der Waals surface area contributed by atoms with Crippen molar-refractivity contribution in [1.29, 1.82) is 0 Å². The maximum Gasteiger partial charge on any atom is 0.0654 e. The van der Waals surface area contributed by atoms with Crippen LogP contribution in [0.5, 0.6) is 0 Å². The Labute approximate surface area is 90.2 Å². The zero-order chi connectivity index (χ0) is 10.8. The zero-order valence-electron chi connectivity index (χ0n) is 9.33. The van der Waals surface area contributed by atoms with E-state index in [9.17, 15) is 0 Å². The van der Waals surface area contributed by atoms with Gasteiger partial charge < -0.3 is 11.1 Å². The summed E-state index contributed by atoms with van der Waals surface area (Å²) in [6.07, 6.45) is 2.14. The topological polar surface area (TPSA) is 55.9 Å². The molecule has 1 atom stereocenters. The minimum absolute atomic E-state index is 0.120. The van der Waals surface area contributed by atoms with E-state index < -0.39 is 0 Å². The molecule has 0 radical (unpaired) electrons. The molecule has 82 valence electrons. The normalized spacial score (nSPS) is 21.5. The Balaban J connectivity index is 2.35. The van der Waals surface area contributed by atoms with E-state index in [-0.39, 0.29) is 6.04 Å². The van der Waals surface area contributed by atoms with Gasteiger partial charge in [-0.15, -0.1) is 0 Å². The highest BCUT2D eigenvalue weighted by molar-refractivity contribution is 5.66. The fraction of sp³-hybridized carbons (Fsp3) is 0.545. The third kappa shape index (κ3) is 2.11. The van der Waals surface area contributed by atoms with Gasteiger partial charge in [0.25, 0.3) is 0 Å². The van der Waals surface area contributed by atoms with E-state index in [1.807, 2.05) is 11.6 Å². The molecule has 0 aromatic carbocycles. The van der Waals surface area contributed by atoms with E-state index in [4.69, 9.17) is 5.73 Å². The van der Waals surface area contributed by atoms with Crippen molar-refractivity contribution in [3.8, 4) is 0 Å². The molecule has 1 aliphatic rings. The van der Waals surface area contributed by atoms with Gasteiger partial charge in [-0.3, -0.25) is 4.68 Å². The Morgan fingerprint density at radius 1 is 1.67 bits per heavy atom. The van der Waals surface area contributed by atoms with Crippen molar-refractivity contribution in [2.75, 3.05) is 13.1 Å². The molecule has 1 aromatic heterocycles. The molecule has 4 nitrogen and oxygen atoms in total. The van der Waals surface area contributed by atoms with Crippen LogP contribution in [-0.4, -0.2) is 28.9 Å². The molecular formula is C11H18N4. The molecule has 2 rings (SSSR count). The maximum atomic E-state index is 5.89. The first-order valence-electron chi connectivity index (χ1n) is 5.42. The lowest BCUT2D eigenvalue weighted by Crippen LogP contribution is -2.37. The average Bonchev–Trinajstić information content (AvgIpc) is 2.59. The molecule has 0 fully saturated rings. The summed E-state index contributed by atoms with van der Waals surface area (Å²) in [5, 5.41) is 7.75. The lowest BCUT2D eigenvalue weighted by atomic mass is 10.1. The van der Waals surface area contributed by atoms with Crippen LogP contribution >= 0.6 is 0 Å². The first-order valence-corrected chi connectivity index (χ1v) is 5.42. The van der Waals surface area contributed by atoms with Crippen molar-refractivity contribution in [2.45, 2.75) is 26.4 Å². The molecule has 0 saturated heterocycles.